The summed E-state index contributed by atoms with van der Waals surface area (Å²) < 4.78 is 29.3. The van der Waals surface area contributed by atoms with Gasteiger partial charge in [-0.15, -0.1) is 0 Å². The van der Waals surface area contributed by atoms with Crippen molar-refractivity contribution in [1.82, 2.24) is 9.78 Å². The van der Waals surface area contributed by atoms with Crippen LogP contribution < -0.4 is 0 Å². The van der Waals surface area contributed by atoms with E-state index in [1.165, 1.54) is 24.8 Å². The van der Waals surface area contributed by atoms with Crippen LogP contribution in [0.2, 0.25) is 0 Å². The zero-order valence-corrected chi connectivity index (χ0v) is 10.4. The van der Waals surface area contributed by atoms with E-state index in [4.69, 9.17) is 0 Å². The van der Waals surface area contributed by atoms with Crippen molar-refractivity contribution in [3.05, 3.63) is 40.6 Å². The summed E-state index contributed by atoms with van der Waals surface area (Å²) in [7, 11) is 0. The van der Waals surface area contributed by atoms with Crippen LogP contribution in [0.5, 0.6) is 0 Å². The summed E-state index contributed by atoms with van der Waals surface area (Å²) in [4.78, 5) is 0. The molecule has 0 unspecified atom stereocenters. The van der Waals surface area contributed by atoms with Crippen molar-refractivity contribution < 1.29 is 8.78 Å². The molecular weight excluding hydrogens is 234 g/mol. The van der Waals surface area contributed by atoms with Gasteiger partial charge in [0, 0.05) is 23.4 Å². The van der Waals surface area contributed by atoms with Gasteiger partial charge >= 0.3 is 0 Å². The van der Waals surface area contributed by atoms with E-state index in [2.05, 4.69) is 5.10 Å². The Hall–Kier alpha value is -1.71. The highest BCUT2D eigenvalue weighted by atomic mass is 19.1. The van der Waals surface area contributed by atoms with Crippen LogP contribution in [-0.2, 0) is 13.0 Å². The maximum absolute atomic E-state index is 14.1. The molecule has 2 aromatic rings. The van der Waals surface area contributed by atoms with Gasteiger partial charge in [-0.1, -0.05) is 0 Å². The molecule has 18 heavy (non-hydrogen) atoms. The van der Waals surface area contributed by atoms with Gasteiger partial charge in [0.2, 0.25) is 0 Å². The molecule has 2 heterocycles. The van der Waals surface area contributed by atoms with Gasteiger partial charge in [0.1, 0.15) is 11.6 Å². The summed E-state index contributed by atoms with van der Waals surface area (Å²) in [5, 5.41) is 4.45. The van der Waals surface area contributed by atoms with Crippen LogP contribution in [-0.4, -0.2) is 9.78 Å². The summed E-state index contributed by atoms with van der Waals surface area (Å²) in [6.45, 7) is 4.29. The van der Waals surface area contributed by atoms with Gasteiger partial charge in [0.15, 0.2) is 0 Å². The lowest BCUT2D eigenvalue weighted by molar-refractivity contribution is 0.569. The second-order valence-electron chi connectivity index (χ2n) is 4.78. The van der Waals surface area contributed by atoms with E-state index < -0.39 is 11.6 Å². The van der Waals surface area contributed by atoms with E-state index in [0.717, 1.165) is 24.9 Å². The summed E-state index contributed by atoms with van der Waals surface area (Å²) in [6.07, 6.45) is 2.08. The van der Waals surface area contributed by atoms with Crippen molar-refractivity contribution in [2.75, 3.05) is 0 Å². The Balaban J connectivity index is 2.19. The molecule has 0 aliphatic carbocycles. The average molecular weight is 248 g/mol. The minimum absolute atomic E-state index is 0.0556. The van der Waals surface area contributed by atoms with Crippen molar-refractivity contribution in [2.45, 2.75) is 33.2 Å². The van der Waals surface area contributed by atoms with Crippen molar-refractivity contribution >= 4 is 0 Å². The van der Waals surface area contributed by atoms with Crippen LogP contribution in [0.25, 0.3) is 11.3 Å². The third kappa shape index (κ3) is 1.48. The Morgan fingerprint density at radius 3 is 2.67 bits per heavy atom. The number of nitrogens with zero attached hydrogens (tertiary/aromatic N) is 2. The molecule has 1 aliphatic rings. The van der Waals surface area contributed by atoms with Crippen molar-refractivity contribution in [1.29, 1.82) is 0 Å². The smallest absolute Gasteiger partial charge is 0.138 e. The zero-order chi connectivity index (χ0) is 12.9. The first-order chi connectivity index (χ1) is 8.59. The normalized spacial score (nSPS) is 14.0. The van der Waals surface area contributed by atoms with Gasteiger partial charge in [-0.2, -0.15) is 5.10 Å². The first kappa shape index (κ1) is 11.4. The first-order valence-electron chi connectivity index (χ1n) is 6.11. The molecule has 1 aromatic carbocycles. The number of aryl methyl sites for hydroxylation is 1. The van der Waals surface area contributed by atoms with Crippen LogP contribution >= 0.6 is 0 Å². The molecule has 0 amide bonds. The Bertz CT molecular complexity index is 629. The molecule has 94 valence electrons. The second kappa shape index (κ2) is 3.90. The molecule has 0 saturated heterocycles. The lowest BCUT2D eigenvalue weighted by atomic mass is 10.0. The Labute approximate surface area is 104 Å². The molecule has 0 N–H and O–H groups in total. The molecule has 0 spiro atoms. The summed E-state index contributed by atoms with van der Waals surface area (Å²) in [5.74, 6) is -1.02. The molecule has 1 aliphatic heterocycles. The number of fused-ring (bicyclic) bond motifs is 1. The summed E-state index contributed by atoms with van der Waals surface area (Å²) >= 11 is 0. The fourth-order valence-electron chi connectivity index (χ4n) is 2.58. The quantitative estimate of drug-likeness (QED) is 0.756. The highest BCUT2D eigenvalue weighted by Crippen LogP contribution is 2.31. The largest absolute Gasteiger partial charge is 0.269 e. The number of hydrogen-bond acceptors (Lipinski definition) is 1. The Kier molecular flexibility index (Phi) is 2.47. The van der Waals surface area contributed by atoms with Crippen molar-refractivity contribution in [3.63, 3.8) is 0 Å². The molecule has 0 saturated carbocycles. The first-order valence-corrected chi connectivity index (χ1v) is 6.11. The molecule has 0 bridgehead atoms. The van der Waals surface area contributed by atoms with Crippen molar-refractivity contribution in [2.24, 2.45) is 0 Å². The molecule has 2 nitrogen and oxygen atoms in total. The number of hydrogen-bond donors (Lipinski definition) is 0. The highest BCUT2D eigenvalue weighted by Gasteiger charge is 2.22. The van der Waals surface area contributed by atoms with Gasteiger partial charge in [-0.25, -0.2) is 8.78 Å². The lowest BCUT2D eigenvalue weighted by Crippen LogP contribution is -1.97. The predicted octanol–water partition coefficient (Wildman–Crippen LogP) is 3.39. The lowest BCUT2D eigenvalue weighted by Gasteiger charge is -2.05. The van der Waals surface area contributed by atoms with Crippen molar-refractivity contribution in [3.8, 4) is 11.3 Å². The van der Waals surface area contributed by atoms with Gasteiger partial charge in [-0.3, -0.25) is 4.68 Å². The van der Waals surface area contributed by atoms with Gasteiger partial charge in [0.25, 0.3) is 0 Å². The van der Waals surface area contributed by atoms with E-state index in [1.54, 1.807) is 0 Å². The minimum atomic E-state index is -0.513. The maximum Gasteiger partial charge on any atom is 0.138 e. The van der Waals surface area contributed by atoms with Crippen LogP contribution in [0.1, 0.15) is 23.2 Å². The SMILES string of the molecule is Cc1c(F)ccc(-c2nn3c(c2C)CCC3)c1F. The topological polar surface area (TPSA) is 17.8 Å². The third-order valence-electron chi connectivity index (χ3n) is 3.68. The highest BCUT2D eigenvalue weighted by molar-refractivity contribution is 5.65. The number of rotatable bonds is 1. The monoisotopic (exact) mass is 248 g/mol. The second-order valence-corrected chi connectivity index (χ2v) is 4.78. The predicted molar refractivity (Wildman–Crippen MR) is 65.4 cm³/mol. The van der Waals surface area contributed by atoms with Crippen LogP contribution in [0.3, 0.4) is 0 Å². The van der Waals surface area contributed by atoms with Gasteiger partial charge < -0.3 is 0 Å². The molecule has 4 heteroatoms. The third-order valence-corrected chi connectivity index (χ3v) is 3.68. The standard InChI is InChI=1S/C14H14F2N2/c1-8-11(15)6-5-10(13(8)16)14-9(2)12-4-3-7-18(12)17-14/h5-6H,3-4,7H2,1-2H3. The molecule has 3 rings (SSSR count). The summed E-state index contributed by atoms with van der Waals surface area (Å²) in [5.41, 5.74) is 3.28. The summed E-state index contributed by atoms with van der Waals surface area (Å²) in [6, 6.07) is 2.78. The molecule has 0 atom stereocenters. The van der Waals surface area contributed by atoms with Gasteiger partial charge in [-0.05, 0) is 44.4 Å². The molecular formula is C14H14F2N2. The number of benzene rings is 1. The van der Waals surface area contributed by atoms with E-state index in [0.29, 0.717) is 11.3 Å². The number of halogens is 2. The number of aromatic nitrogens is 2. The molecule has 0 fully saturated rings. The molecule has 0 radical (unpaired) electrons. The van der Waals surface area contributed by atoms with E-state index in [1.807, 2.05) is 11.6 Å². The zero-order valence-electron chi connectivity index (χ0n) is 10.4. The Morgan fingerprint density at radius 1 is 1.17 bits per heavy atom. The fourth-order valence-corrected chi connectivity index (χ4v) is 2.58. The Morgan fingerprint density at radius 2 is 1.94 bits per heavy atom. The molecule has 1 aromatic heterocycles. The van der Waals surface area contributed by atoms with Crippen LogP contribution in [0.15, 0.2) is 12.1 Å². The van der Waals surface area contributed by atoms with E-state index in [-0.39, 0.29) is 5.56 Å². The van der Waals surface area contributed by atoms with Gasteiger partial charge in [0.05, 0.1) is 5.69 Å². The maximum atomic E-state index is 14.1. The van der Waals surface area contributed by atoms with Crippen LogP contribution in [0, 0.1) is 25.5 Å². The fraction of sp³-hybridized carbons (Fsp3) is 0.357. The minimum Gasteiger partial charge on any atom is -0.269 e. The van der Waals surface area contributed by atoms with E-state index >= 15 is 0 Å². The van der Waals surface area contributed by atoms with E-state index in [9.17, 15) is 8.78 Å². The average Bonchev–Trinajstić information content (AvgIpc) is 2.91. The van der Waals surface area contributed by atoms with Crippen LogP contribution in [0.4, 0.5) is 8.78 Å².